The highest BCUT2D eigenvalue weighted by atomic mass is 19.4. The van der Waals surface area contributed by atoms with Crippen LogP contribution < -0.4 is 9.80 Å². The normalized spacial score (nSPS) is 17.7. The minimum Gasteiger partial charge on any atom is -0.378 e. The van der Waals surface area contributed by atoms with Gasteiger partial charge in [-0.15, -0.1) is 0 Å². The molecule has 31 heavy (non-hydrogen) atoms. The Hall–Kier alpha value is -2.88. The number of hydrogen-bond acceptors (Lipinski definition) is 6. The smallest absolute Gasteiger partial charge is 0.378 e. The molecule has 0 radical (unpaired) electrons. The largest absolute Gasteiger partial charge is 0.417 e. The van der Waals surface area contributed by atoms with E-state index in [4.69, 9.17) is 4.74 Å². The Balaban J connectivity index is 1.46. The van der Waals surface area contributed by atoms with Gasteiger partial charge >= 0.3 is 6.18 Å². The molecule has 1 amide bonds. The molecule has 0 aliphatic carbocycles. The Morgan fingerprint density at radius 1 is 0.935 bits per heavy atom. The van der Waals surface area contributed by atoms with Gasteiger partial charge < -0.3 is 19.4 Å². The summed E-state index contributed by atoms with van der Waals surface area (Å²) in [6, 6.07) is 6.85. The van der Waals surface area contributed by atoms with E-state index in [-0.39, 0.29) is 5.56 Å². The fourth-order valence-electron chi connectivity index (χ4n) is 3.88. The van der Waals surface area contributed by atoms with Crippen LogP contribution >= 0.6 is 0 Å². The number of benzene rings is 1. The summed E-state index contributed by atoms with van der Waals surface area (Å²) in [4.78, 5) is 27.5. The third-order valence-corrected chi connectivity index (χ3v) is 5.50. The van der Waals surface area contributed by atoms with Gasteiger partial charge in [0.05, 0.1) is 24.3 Å². The number of nitrogens with zero attached hydrogens (tertiary/aromatic N) is 5. The maximum Gasteiger partial charge on any atom is 0.417 e. The van der Waals surface area contributed by atoms with Gasteiger partial charge in [0.2, 0.25) is 0 Å². The second-order valence-electron chi connectivity index (χ2n) is 7.55. The number of aryl methyl sites for hydroxylation is 1. The van der Waals surface area contributed by atoms with Crippen LogP contribution in [0, 0.1) is 6.92 Å². The lowest BCUT2D eigenvalue weighted by Gasteiger charge is -2.36. The van der Waals surface area contributed by atoms with E-state index in [1.807, 2.05) is 17.9 Å². The zero-order valence-electron chi connectivity index (χ0n) is 17.2. The first kappa shape index (κ1) is 21.4. The van der Waals surface area contributed by atoms with Crippen molar-refractivity contribution in [2.45, 2.75) is 13.1 Å². The minimum absolute atomic E-state index is 0.309. The van der Waals surface area contributed by atoms with Gasteiger partial charge in [-0.2, -0.15) is 13.2 Å². The van der Waals surface area contributed by atoms with E-state index >= 15 is 0 Å². The van der Waals surface area contributed by atoms with Gasteiger partial charge in [0.25, 0.3) is 5.91 Å². The summed E-state index contributed by atoms with van der Waals surface area (Å²) >= 11 is 0. The van der Waals surface area contributed by atoms with Crippen LogP contribution in [0.2, 0.25) is 0 Å². The monoisotopic (exact) mass is 435 g/mol. The standard InChI is InChI=1S/C21H24F3N5O2/c1-15-25-18(14-19(26-15)28-10-12-31-13-11-28)27-6-8-29(9-7-27)20(30)16-4-2-3-5-17(16)21(22,23)24/h2-5,14H,6-13H2,1H3. The molecule has 0 unspecified atom stereocenters. The predicted octanol–water partition coefficient (Wildman–Crippen LogP) is 2.60. The van der Waals surface area contributed by atoms with Crippen molar-refractivity contribution in [1.29, 1.82) is 0 Å². The molecule has 0 atom stereocenters. The third-order valence-electron chi connectivity index (χ3n) is 5.50. The molecule has 0 N–H and O–H groups in total. The molecular formula is C21H24F3N5O2. The van der Waals surface area contributed by atoms with Crippen molar-refractivity contribution in [3.8, 4) is 0 Å². The molecule has 2 saturated heterocycles. The molecule has 166 valence electrons. The van der Waals surface area contributed by atoms with Crippen LogP contribution in [-0.4, -0.2) is 73.3 Å². The molecule has 4 rings (SSSR count). The second-order valence-corrected chi connectivity index (χ2v) is 7.55. The minimum atomic E-state index is -4.57. The highest BCUT2D eigenvalue weighted by molar-refractivity contribution is 5.96. The molecular weight excluding hydrogens is 411 g/mol. The first-order valence-corrected chi connectivity index (χ1v) is 10.2. The molecule has 2 aliphatic rings. The van der Waals surface area contributed by atoms with Gasteiger partial charge in [-0.1, -0.05) is 12.1 Å². The Labute approximate surface area is 178 Å². The quantitative estimate of drug-likeness (QED) is 0.739. The van der Waals surface area contributed by atoms with E-state index in [0.29, 0.717) is 45.2 Å². The fraction of sp³-hybridized carbons (Fsp3) is 0.476. The number of morpholine rings is 1. The lowest BCUT2D eigenvalue weighted by molar-refractivity contribution is -0.138. The van der Waals surface area contributed by atoms with Crippen LogP contribution in [0.15, 0.2) is 30.3 Å². The number of halogens is 3. The van der Waals surface area contributed by atoms with Gasteiger partial charge in [0, 0.05) is 45.3 Å². The topological polar surface area (TPSA) is 61.8 Å². The number of amides is 1. The van der Waals surface area contributed by atoms with Gasteiger partial charge in [0.15, 0.2) is 0 Å². The van der Waals surface area contributed by atoms with Crippen LogP contribution in [0.25, 0.3) is 0 Å². The number of rotatable bonds is 3. The number of hydrogen-bond donors (Lipinski definition) is 0. The molecule has 2 fully saturated rings. The van der Waals surface area contributed by atoms with Crippen LogP contribution in [0.3, 0.4) is 0 Å². The number of anilines is 2. The number of alkyl halides is 3. The predicted molar refractivity (Wildman–Crippen MR) is 109 cm³/mol. The van der Waals surface area contributed by atoms with Crippen molar-refractivity contribution in [1.82, 2.24) is 14.9 Å². The number of ether oxygens (including phenoxy) is 1. The molecule has 3 heterocycles. The molecule has 2 aliphatic heterocycles. The Morgan fingerprint density at radius 2 is 1.52 bits per heavy atom. The van der Waals surface area contributed by atoms with Crippen molar-refractivity contribution in [3.63, 3.8) is 0 Å². The van der Waals surface area contributed by atoms with E-state index in [0.717, 1.165) is 30.8 Å². The summed E-state index contributed by atoms with van der Waals surface area (Å²) in [7, 11) is 0. The van der Waals surface area contributed by atoms with Gasteiger partial charge in [-0.05, 0) is 19.1 Å². The van der Waals surface area contributed by atoms with Crippen molar-refractivity contribution in [2.24, 2.45) is 0 Å². The summed E-state index contributed by atoms with van der Waals surface area (Å²) in [6.45, 7) is 6.27. The molecule has 0 spiro atoms. The highest BCUT2D eigenvalue weighted by Gasteiger charge is 2.36. The van der Waals surface area contributed by atoms with Crippen molar-refractivity contribution >= 4 is 17.5 Å². The van der Waals surface area contributed by atoms with Crippen molar-refractivity contribution in [2.75, 3.05) is 62.3 Å². The van der Waals surface area contributed by atoms with Crippen molar-refractivity contribution in [3.05, 3.63) is 47.3 Å². The van der Waals surface area contributed by atoms with E-state index in [2.05, 4.69) is 14.9 Å². The Bertz CT molecular complexity index is 939. The first-order chi connectivity index (χ1) is 14.8. The van der Waals surface area contributed by atoms with E-state index in [1.165, 1.54) is 23.1 Å². The van der Waals surface area contributed by atoms with Crippen LogP contribution in [-0.2, 0) is 10.9 Å². The highest BCUT2D eigenvalue weighted by Crippen LogP contribution is 2.32. The summed E-state index contributed by atoms with van der Waals surface area (Å²) in [5, 5.41) is 0. The zero-order chi connectivity index (χ0) is 22.0. The SMILES string of the molecule is Cc1nc(N2CCOCC2)cc(N2CCN(C(=O)c3ccccc3C(F)(F)F)CC2)n1. The van der Waals surface area contributed by atoms with E-state index in [9.17, 15) is 18.0 Å². The summed E-state index contributed by atoms with van der Waals surface area (Å²) in [6.07, 6.45) is -4.57. The summed E-state index contributed by atoms with van der Waals surface area (Å²) < 4.78 is 45.2. The fourth-order valence-corrected chi connectivity index (χ4v) is 3.88. The Kier molecular flexibility index (Phi) is 5.99. The first-order valence-electron chi connectivity index (χ1n) is 10.2. The molecule has 0 bridgehead atoms. The number of aromatic nitrogens is 2. The molecule has 2 aromatic rings. The molecule has 7 nitrogen and oxygen atoms in total. The second kappa shape index (κ2) is 8.70. The third kappa shape index (κ3) is 4.73. The van der Waals surface area contributed by atoms with E-state index in [1.54, 1.807) is 0 Å². The Morgan fingerprint density at radius 3 is 2.13 bits per heavy atom. The zero-order valence-corrected chi connectivity index (χ0v) is 17.2. The number of piperazine rings is 1. The molecule has 0 saturated carbocycles. The van der Waals surface area contributed by atoms with Gasteiger partial charge in [-0.25, -0.2) is 9.97 Å². The number of carbonyl (C=O) groups is 1. The lowest BCUT2D eigenvalue weighted by atomic mass is 10.1. The van der Waals surface area contributed by atoms with Crippen LogP contribution in [0.1, 0.15) is 21.7 Å². The van der Waals surface area contributed by atoms with Crippen LogP contribution in [0.4, 0.5) is 24.8 Å². The summed E-state index contributed by atoms with van der Waals surface area (Å²) in [5.74, 6) is 1.65. The molecule has 10 heteroatoms. The average Bonchev–Trinajstić information content (AvgIpc) is 2.78. The maximum absolute atomic E-state index is 13.3. The average molecular weight is 435 g/mol. The van der Waals surface area contributed by atoms with Crippen LogP contribution in [0.5, 0.6) is 0 Å². The van der Waals surface area contributed by atoms with Gasteiger partial charge in [0.1, 0.15) is 17.5 Å². The maximum atomic E-state index is 13.3. The summed E-state index contributed by atoms with van der Waals surface area (Å²) in [5.41, 5.74) is -1.21. The van der Waals surface area contributed by atoms with E-state index < -0.39 is 17.6 Å². The molecule has 1 aromatic heterocycles. The molecule has 1 aromatic carbocycles. The van der Waals surface area contributed by atoms with Gasteiger partial charge in [-0.3, -0.25) is 4.79 Å². The lowest BCUT2D eigenvalue weighted by Crippen LogP contribution is -2.49. The number of carbonyl (C=O) groups excluding carboxylic acids is 1. The van der Waals surface area contributed by atoms with Crippen molar-refractivity contribution < 1.29 is 22.7 Å².